The minimum absolute atomic E-state index is 0.0342. The molecule has 0 heterocycles. The van der Waals surface area contributed by atoms with Crippen molar-refractivity contribution < 1.29 is 9.53 Å². The Hall–Kier alpha value is -1.55. The lowest BCUT2D eigenvalue weighted by molar-refractivity contribution is -0.122. The van der Waals surface area contributed by atoms with E-state index in [-0.39, 0.29) is 18.6 Å². The van der Waals surface area contributed by atoms with E-state index in [0.29, 0.717) is 12.3 Å². The van der Waals surface area contributed by atoms with E-state index in [1.807, 2.05) is 38.1 Å². The average Bonchev–Trinajstić information content (AvgIpc) is 2.27. The van der Waals surface area contributed by atoms with E-state index < -0.39 is 0 Å². The maximum absolute atomic E-state index is 11.2. The Labute approximate surface area is 95.8 Å². The molecule has 0 unspecified atom stereocenters. The zero-order valence-electron chi connectivity index (χ0n) is 9.69. The van der Waals surface area contributed by atoms with Crippen molar-refractivity contribution in [1.29, 1.82) is 0 Å². The third kappa shape index (κ3) is 3.90. The lowest BCUT2D eigenvalue weighted by Gasteiger charge is -2.09. The molecule has 0 aromatic heterocycles. The highest BCUT2D eigenvalue weighted by atomic mass is 16.5. The molecule has 0 spiro atoms. The van der Waals surface area contributed by atoms with Gasteiger partial charge >= 0.3 is 0 Å². The Kier molecular flexibility index (Phi) is 4.79. The van der Waals surface area contributed by atoms with Crippen molar-refractivity contribution in [2.45, 2.75) is 19.9 Å². The number of hydrogen-bond acceptors (Lipinski definition) is 3. The molecule has 1 aromatic rings. The fourth-order valence-electron chi connectivity index (χ4n) is 1.28. The van der Waals surface area contributed by atoms with Gasteiger partial charge in [-0.1, -0.05) is 12.1 Å². The minimum Gasteiger partial charge on any atom is -0.484 e. The smallest absolute Gasteiger partial charge is 0.257 e. The number of benzene rings is 1. The van der Waals surface area contributed by atoms with Gasteiger partial charge < -0.3 is 15.8 Å². The number of rotatable bonds is 5. The second-order valence-corrected chi connectivity index (χ2v) is 3.60. The van der Waals surface area contributed by atoms with Crippen molar-refractivity contribution in [2.24, 2.45) is 5.73 Å². The Balaban J connectivity index is 2.54. The van der Waals surface area contributed by atoms with Crippen LogP contribution in [0.4, 0.5) is 0 Å². The Morgan fingerprint density at radius 2 is 2.31 bits per heavy atom. The highest BCUT2D eigenvalue weighted by Crippen LogP contribution is 2.17. The molecule has 0 saturated carbocycles. The monoisotopic (exact) mass is 222 g/mol. The van der Waals surface area contributed by atoms with E-state index in [1.165, 1.54) is 0 Å². The van der Waals surface area contributed by atoms with Crippen molar-refractivity contribution in [3.63, 3.8) is 0 Å². The van der Waals surface area contributed by atoms with Gasteiger partial charge in [0.25, 0.3) is 5.91 Å². The lowest BCUT2D eigenvalue weighted by atomic mass is 10.1. The molecule has 0 aliphatic heterocycles. The van der Waals surface area contributed by atoms with Gasteiger partial charge in [0.2, 0.25) is 0 Å². The molecule has 1 amide bonds. The van der Waals surface area contributed by atoms with Crippen LogP contribution in [0.3, 0.4) is 0 Å². The first-order valence-corrected chi connectivity index (χ1v) is 5.38. The second-order valence-electron chi connectivity index (χ2n) is 3.60. The van der Waals surface area contributed by atoms with E-state index in [2.05, 4.69) is 5.32 Å². The number of carbonyl (C=O) groups is 1. The maximum Gasteiger partial charge on any atom is 0.257 e. The van der Waals surface area contributed by atoms with Gasteiger partial charge in [-0.3, -0.25) is 4.79 Å². The first kappa shape index (κ1) is 12.5. The molecular weight excluding hydrogens is 204 g/mol. The molecule has 0 radical (unpaired) electrons. The van der Waals surface area contributed by atoms with E-state index in [9.17, 15) is 4.79 Å². The average molecular weight is 222 g/mol. The predicted octanol–water partition coefficient (Wildman–Crippen LogP) is 1.22. The Morgan fingerprint density at radius 1 is 1.56 bits per heavy atom. The normalized spacial score (nSPS) is 11.9. The first-order valence-electron chi connectivity index (χ1n) is 5.38. The van der Waals surface area contributed by atoms with Crippen LogP contribution >= 0.6 is 0 Å². The van der Waals surface area contributed by atoms with Crippen molar-refractivity contribution in [3.05, 3.63) is 29.8 Å². The maximum atomic E-state index is 11.2. The molecule has 0 aliphatic rings. The molecule has 16 heavy (non-hydrogen) atoms. The van der Waals surface area contributed by atoms with Crippen LogP contribution in [0.5, 0.6) is 5.75 Å². The summed E-state index contributed by atoms with van der Waals surface area (Å²) in [6, 6.07) is 7.43. The Morgan fingerprint density at radius 3 is 2.94 bits per heavy atom. The molecule has 4 nitrogen and oxygen atoms in total. The Bertz CT molecular complexity index is 351. The summed E-state index contributed by atoms with van der Waals surface area (Å²) in [7, 11) is 0. The fraction of sp³-hybridized carbons (Fsp3) is 0.417. The molecule has 0 fully saturated rings. The van der Waals surface area contributed by atoms with Gasteiger partial charge in [0.15, 0.2) is 6.61 Å². The summed E-state index contributed by atoms with van der Waals surface area (Å²) in [6.07, 6.45) is 0. The van der Waals surface area contributed by atoms with Crippen LogP contribution in [-0.2, 0) is 4.79 Å². The number of amides is 1. The fourth-order valence-corrected chi connectivity index (χ4v) is 1.28. The lowest BCUT2D eigenvalue weighted by Crippen LogP contribution is -2.28. The summed E-state index contributed by atoms with van der Waals surface area (Å²) in [4.78, 5) is 11.2. The summed E-state index contributed by atoms with van der Waals surface area (Å²) in [5, 5.41) is 2.66. The third-order valence-electron chi connectivity index (χ3n) is 2.13. The number of carbonyl (C=O) groups excluding carboxylic acids is 1. The zero-order chi connectivity index (χ0) is 12.0. The summed E-state index contributed by atoms with van der Waals surface area (Å²) in [5.74, 6) is 0.551. The third-order valence-corrected chi connectivity index (χ3v) is 2.13. The standard InChI is InChI=1S/C12H18N2O2/c1-3-14-12(15)8-16-11-6-4-5-10(7-11)9(2)13/h4-7,9H,3,8,13H2,1-2H3,(H,14,15)/t9-/m0/s1. The SMILES string of the molecule is CCNC(=O)COc1cccc([C@H](C)N)c1. The summed E-state index contributed by atoms with van der Waals surface area (Å²) >= 11 is 0. The van der Waals surface area contributed by atoms with Crippen molar-refractivity contribution in [1.82, 2.24) is 5.32 Å². The molecule has 0 aliphatic carbocycles. The van der Waals surface area contributed by atoms with Crippen LogP contribution in [0, 0.1) is 0 Å². The number of nitrogens with two attached hydrogens (primary N) is 1. The van der Waals surface area contributed by atoms with Gasteiger partial charge in [-0.05, 0) is 31.5 Å². The summed E-state index contributed by atoms with van der Waals surface area (Å²) in [6.45, 7) is 4.43. The molecule has 0 saturated heterocycles. The van der Waals surface area contributed by atoms with Gasteiger partial charge in [0.1, 0.15) is 5.75 Å². The number of likely N-dealkylation sites (N-methyl/N-ethyl adjacent to an activating group) is 1. The van der Waals surface area contributed by atoms with Gasteiger partial charge in [-0.15, -0.1) is 0 Å². The largest absolute Gasteiger partial charge is 0.484 e. The van der Waals surface area contributed by atoms with Crippen LogP contribution in [0.1, 0.15) is 25.5 Å². The molecule has 3 N–H and O–H groups in total. The van der Waals surface area contributed by atoms with Crippen LogP contribution in [-0.4, -0.2) is 19.1 Å². The van der Waals surface area contributed by atoms with E-state index in [4.69, 9.17) is 10.5 Å². The van der Waals surface area contributed by atoms with Crippen LogP contribution in [0.15, 0.2) is 24.3 Å². The molecule has 4 heteroatoms. The van der Waals surface area contributed by atoms with Gasteiger partial charge in [-0.25, -0.2) is 0 Å². The van der Waals surface area contributed by atoms with Gasteiger partial charge in [0, 0.05) is 12.6 Å². The molecular formula is C12H18N2O2. The number of ether oxygens (including phenoxy) is 1. The highest BCUT2D eigenvalue weighted by molar-refractivity contribution is 5.77. The van der Waals surface area contributed by atoms with E-state index >= 15 is 0 Å². The quantitative estimate of drug-likeness (QED) is 0.787. The van der Waals surface area contributed by atoms with Crippen molar-refractivity contribution >= 4 is 5.91 Å². The van der Waals surface area contributed by atoms with Crippen LogP contribution in [0.25, 0.3) is 0 Å². The molecule has 1 atom stereocenters. The van der Waals surface area contributed by atoms with Crippen molar-refractivity contribution in [2.75, 3.05) is 13.2 Å². The summed E-state index contributed by atoms with van der Waals surface area (Å²) < 4.78 is 5.34. The highest BCUT2D eigenvalue weighted by Gasteiger charge is 2.03. The first-order chi connectivity index (χ1) is 7.63. The summed E-state index contributed by atoms with van der Waals surface area (Å²) in [5.41, 5.74) is 6.75. The zero-order valence-corrected chi connectivity index (χ0v) is 9.69. The molecule has 0 bridgehead atoms. The number of hydrogen-bond donors (Lipinski definition) is 2. The van der Waals surface area contributed by atoms with Gasteiger partial charge in [0.05, 0.1) is 0 Å². The molecule has 1 rings (SSSR count). The van der Waals surface area contributed by atoms with E-state index in [1.54, 1.807) is 0 Å². The topological polar surface area (TPSA) is 64.3 Å². The van der Waals surface area contributed by atoms with Crippen LogP contribution < -0.4 is 15.8 Å². The van der Waals surface area contributed by atoms with E-state index in [0.717, 1.165) is 5.56 Å². The van der Waals surface area contributed by atoms with Crippen LogP contribution in [0.2, 0.25) is 0 Å². The molecule has 88 valence electrons. The van der Waals surface area contributed by atoms with Crippen molar-refractivity contribution in [3.8, 4) is 5.75 Å². The van der Waals surface area contributed by atoms with Gasteiger partial charge in [-0.2, -0.15) is 0 Å². The number of nitrogens with one attached hydrogen (secondary N) is 1. The predicted molar refractivity (Wildman–Crippen MR) is 63.2 cm³/mol. The second kappa shape index (κ2) is 6.12. The molecule has 1 aromatic carbocycles. The minimum atomic E-state index is -0.117.